The van der Waals surface area contributed by atoms with E-state index in [1.54, 1.807) is 11.3 Å². The van der Waals surface area contributed by atoms with Gasteiger partial charge in [0.2, 0.25) is 5.91 Å². The van der Waals surface area contributed by atoms with Crippen LogP contribution in [0.1, 0.15) is 22.6 Å². The second-order valence-electron chi connectivity index (χ2n) is 4.92. The highest BCUT2D eigenvalue weighted by Crippen LogP contribution is 2.19. The van der Waals surface area contributed by atoms with Crippen molar-refractivity contribution in [3.8, 4) is 0 Å². The number of carbonyl (C=O) groups excluding carboxylic acids is 1. The Morgan fingerprint density at radius 1 is 1.53 bits per heavy atom. The molecule has 5 heteroatoms. The fraction of sp³-hybridized carbons (Fsp3) is 0.429. The molecule has 1 amide bonds. The summed E-state index contributed by atoms with van der Waals surface area (Å²) in [6, 6.07) is 4.02. The fourth-order valence-electron chi connectivity index (χ4n) is 2.57. The highest BCUT2D eigenvalue weighted by atomic mass is 32.1. The van der Waals surface area contributed by atoms with Gasteiger partial charge in [0.25, 0.3) is 0 Å². The first-order valence-electron chi connectivity index (χ1n) is 6.54. The van der Waals surface area contributed by atoms with Crippen molar-refractivity contribution >= 4 is 17.2 Å². The number of aryl methyl sites for hydroxylation is 1. The minimum atomic E-state index is 0.221. The van der Waals surface area contributed by atoms with E-state index < -0.39 is 0 Å². The monoisotopic (exact) mass is 275 g/mol. The van der Waals surface area contributed by atoms with Crippen molar-refractivity contribution in [2.45, 2.75) is 25.8 Å². The van der Waals surface area contributed by atoms with Gasteiger partial charge < -0.3 is 4.90 Å². The first kappa shape index (κ1) is 12.4. The number of rotatable bonds is 2. The van der Waals surface area contributed by atoms with Crippen LogP contribution in [0.15, 0.2) is 23.7 Å². The van der Waals surface area contributed by atoms with Gasteiger partial charge in [-0.25, -0.2) is 0 Å². The van der Waals surface area contributed by atoms with E-state index in [0.29, 0.717) is 13.0 Å². The molecule has 2 aromatic rings. The van der Waals surface area contributed by atoms with Crippen LogP contribution < -0.4 is 0 Å². The molecule has 0 aromatic carbocycles. The number of amides is 1. The molecule has 19 heavy (non-hydrogen) atoms. The Balaban J connectivity index is 1.73. The van der Waals surface area contributed by atoms with Crippen LogP contribution in [0.4, 0.5) is 0 Å². The molecule has 0 bridgehead atoms. The average Bonchev–Trinajstić information content (AvgIpc) is 2.95. The molecule has 3 rings (SSSR count). The zero-order chi connectivity index (χ0) is 13.2. The van der Waals surface area contributed by atoms with Crippen LogP contribution in [0.25, 0.3) is 0 Å². The standard InChI is InChI=1S/C14H17N3OS/c1-16-13-5-2-6-17(10-11(13)9-15-16)14(18)8-12-4-3-7-19-12/h3-4,7,9H,2,5-6,8,10H2,1H3. The van der Waals surface area contributed by atoms with E-state index in [-0.39, 0.29) is 5.91 Å². The summed E-state index contributed by atoms with van der Waals surface area (Å²) in [6.45, 7) is 1.55. The first-order chi connectivity index (χ1) is 9.24. The lowest BCUT2D eigenvalue weighted by atomic mass is 10.2. The Bertz CT molecular complexity index is 574. The van der Waals surface area contributed by atoms with Gasteiger partial charge in [-0.2, -0.15) is 5.10 Å². The molecule has 0 atom stereocenters. The van der Waals surface area contributed by atoms with Gasteiger partial charge in [0, 0.05) is 36.3 Å². The maximum atomic E-state index is 12.3. The number of aromatic nitrogens is 2. The van der Waals surface area contributed by atoms with E-state index in [1.165, 1.54) is 11.3 Å². The second kappa shape index (κ2) is 5.17. The number of hydrogen-bond donors (Lipinski definition) is 0. The molecule has 0 saturated heterocycles. The Hall–Kier alpha value is -1.62. The van der Waals surface area contributed by atoms with E-state index >= 15 is 0 Å². The maximum absolute atomic E-state index is 12.3. The van der Waals surface area contributed by atoms with Crippen LogP contribution in [0.5, 0.6) is 0 Å². The first-order valence-corrected chi connectivity index (χ1v) is 7.42. The molecule has 0 N–H and O–H groups in total. The Kier molecular flexibility index (Phi) is 3.38. The van der Waals surface area contributed by atoms with Crippen molar-refractivity contribution in [2.24, 2.45) is 7.05 Å². The van der Waals surface area contributed by atoms with Crippen LogP contribution >= 0.6 is 11.3 Å². The third-order valence-electron chi connectivity index (χ3n) is 3.61. The quantitative estimate of drug-likeness (QED) is 0.841. The molecule has 0 spiro atoms. The van der Waals surface area contributed by atoms with E-state index in [1.807, 2.05) is 40.3 Å². The largest absolute Gasteiger partial charge is 0.338 e. The molecule has 2 aromatic heterocycles. The van der Waals surface area contributed by atoms with Crippen LogP contribution in [-0.4, -0.2) is 27.1 Å². The topological polar surface area (TPSA) is 38.1 Å². The molecule has 0 fully saturated rings. The molecule has 3 heterocycles. The summed E-state index contributed by atoms with van der Waals surface area (Å²) >= 11 is 1.65. The van der Waals surface area contributed by atoms with Gasteiger partial charge in [0.15, 0.2) is 0 Å². The summed E-state index contributed by atoms with van der Waals surface area (Å²) in [5, 5.41) is 6.31. The third kappa shape index (κ3) is 2.56. The molecule has 100 valence electrons. The van der Waals surface area contributed by atoms with Crippen LogP contribution in [0.3, 0.4) is 0 Å². The second-order valence-corrected chi connectivity index (χ2v) is 5.95. The molecule has 0 aliphatic carbocycles. The summed E-state index contributed by atoms with van der Waals surface area (Å²) < 4.78 is 1.93. The number of nitrogens with zero attached hydrogens (tertiary/aromatic N) is 3. The van der Waals surface area contributed by atoms with E-state index in [9.17, 15) is 4.79 Å². The van der Waals surface area contributed by atoms with Crippen molar-refractivity contribution in [3.63, 3.8) is 0 Å². The molecule has 1 aliphatic rings. The van der Waals surface area contributed by atoms with Gasteiger partial charge in [-0.05, 0) is 24.3 Å². The van der Waals surface area contributed by atoms with Crippen molar-refractivity contribution < 1.29 is 4.79 Å². The molecular weight excluding hydrogens is 258 g/mol. The summed E-state index contributed by atoms with van der Waals surface area (Å²) in [4.78, 5) is 15.4. The lowest BCUT2D eigenvalue weighted by Gasteiger charge is -2.19. The van der Waals surface area contributed by atoms with Gasteiger partial charge >= 0.3 is 0 Å². The summed E-state index contributed by atoms with van der Waals surface area (Å²) in [7, 11) is 1.97. The summed E-state index contributed by atoms with van der Waals surface area (Å²) in [5.41, 5.74) is 2.46. The third-order valence-corrected chi connectivity index (χ3v) is 4.49. The highest BCUT2D eigenvalue weighted by Gasteiger charge is 2.21. The number of thiophene rings is 1. The minimum Gasteiger partial charge on any atom is -0.338 e. The van der Waals surface area contributed by atoms with Gasteiger partial charge in [0.1, 0.15) is 0 Å². The smallest absolute Gasteiger partial charge is 0.228 e. The lowest BCUT2D eigenvalue weighted by molar-refractivity contribution is -0.131. The van der Waals surface area contributed by atoms with Crippen LogP contribution in [0, 0.1) is 0 Å². The van der Waals surface area contributed by atoms with Crippen molar-refractivity contribution in [1.29, 1.82) is 0 Å². The highest BCUT2D eigenvalue weighted by molar-refractivity contribution is 7.10. The van der Waals surface area contributed by atoms with Crippen LogP contribution in [0.2, 0.25) is 0 Å². The fourth-order valence-corrected chi connectivity index (χ4v) is 3.27. The molecule has 4 nitrogen and oxygen atoms in total. The predicted molar refractivity (Wildman–Crippen MR) is 75.0 cm³/mol. The lowest BCUT2D eigenvalue weighted by Crippen LogP contribution is -2.31. The van der Waals surface area contributed by atoms with Crippen molar-refractivity contribution in [1.82, 2.24) is 14.7 Å². The van der Waals surface area contributed by atoms with E-state index in [2.05, 4.69) is 5.10 Å². The number of fused-ring (bicyclic) bond motifs is 1. The summed E-state index contributed by atoms with van der Waals surface area (Å²) in [5.74, 6) is 0.221. The Morgan fingerprint density at radius 2 is 2.42 bits per heavy atom. The van der Waals surface area contributed by atoms with E-state index in [0.717, 1.165) is 24.3 Å². The molecule has 1 aliphatic heterocycles. The zero-order valence-corrected chi connectivity index (χ0v) is 11.8. The van der Waals surface area contributed by atoms with Gasteiger partial charge in [0.05, 0.1) is 12.6 Å². The number of carbonyl (C=O) groups is 1. The predicted octanol–water partition coefficient (Wildman–Crippen LogP) is 2.00. The summed E-state index contributed by atoms with van der Waals surface area (Å²) in [6.07, 6.45) is 4.44. The maximum Gasteiger partial charge on any atom is 0.228 e. The Labute approximate surface area is 116 Å². The minimum absolute atomic E-state index is 0.221. The van der Waals surface area contributed by atoms with Crippen molar-refractivity contribution in [3.05, 3.63) is 39.8 Å². The molecule has 0 unspecified atom stereocenters. The zero-order valence-electron chi connectivity index (χ0n) is 11.0. The van der Waals surface area contributed by atoms with Gasteiger partial charge in [-0.1, -0.05) is 6.07 Å². The van der Waals surface area contributed by atoms with E-state index in [4.69, 9.17) is 0 Å². The van der Waals surface area contributed by atoms with Crippen molar-refractivity contribution in [2.75, 3.05) is 6.54 Å². The SMILES string of the molecule is Cn1ncc2c1CCCN(C(=O)Cc1cccs1)C2. The van der Waals surface area contributed by atoms with Crippen LogP contribution in [-0.2, 0) is 31.2 Å². The normalized spacial score (nSPS) is 15.1. The number of hydrogen-bond acceptors (Lipinski definition) is 3. The average molecular weight is 275 g/mol. The molecule has 0 radical (unpaired) electrons. The molecular formula is C14H17N3OS. The van der Waals surface area contributed by atoms with Gasteiger partial charge in [-0.3, -0.25) is 9.48 Å². The Morgan fingerprint density at radius 3 is 3.21 bits per heavy atom. The van der Waals surface area contributed by atoms with Gasteiger partial charge in [-0.15, -0.1) is 11.3 Å². The molecule has 0 saturated carbocycles.